The molecule has 0 aliphatic carbocycles. The van der Waals surface area contributed by atoms with Crippen LogP contribution in [0.3, 0.4) is 0 Å². The maximum absolute atomic E-state index is 11.9. The fourth-order valence-corrected chi connectivity index (χ4v) is 1.49. The number of ether oxygens (including phenoxy) is 1. The van der Waals surface area contributed by atoms with Crippen LogP contribution in [0.1, 0.15) is 27.2 Å². The Morgan fingerprint density at radius 2 is 1.94 bits per heavy atom. The fourth-order valence-electron chi connectivity index (χ4n) is 1.49. The van der Waals surface area contributed by atoms with E-state index in [1.54, 1.807) is 7.11 Å². The predicted molar refractivity (Wildman–Crippen MR) is 68.5 cm³/mol. The summed E-state index contributed by atoms with van der Waals surface area (Å²) in [5.41, 5.74) is 0. The van der Waals surface area contributed by atoms with Gasteiger partial charge in [-0.3, -0.25) is 4.79 Å². The molecule has 0 aromatic heterocycles. The molecule has 0 spiro atoms. The Bertz CT molecular complexity index is 269. The number of urea groups is 1. The van der Waals surface area contributed by atoms with Crippen LogP contribution in [0.2, 0.25) is 0 Å². The van der Waals surface area contributed by atoms with Gasteiger partial charge in [-0.15, -0.1) is 0 Å². The van der Waals surface area contributed by atoms with E-state index in [0.29, 0.717) is 19.6 Å². The van der Waals surface area contributed by atoms with E-state index < -0.39 is 5.97 Å². The first kappa shape index (κ1) is 16.7. The molecule has 6 nitrogen and oxygen atoms in total. The van der Waals surface area contributed by atoms with E-state index in [1.165, 1.54) is 4.90 Å². The largest absolute Gasteiger partial charge is 0.480 e. The monoisotopic (exact) mass is 260 g/mol. The number of nitrogens with zero attached hydrogens (tertiary/aromatic N) is 1. The lowest BCUT2D eigenvalue weighted by atomic mass is 10.2. The summed E-state index contributed by atoms with van der Waals surface area (Å²) in [6, 6.07) is -0.379. The summed E-state index contributed by atoms with van der Waals surface area (Å²) in [6.45, 7) is 6.46. The molecule has 1 atom stereocenters. The molecule has 0 aliphatic heterocycles. The smallest absolute Gasteiger partial charge is 0.323 e. The average molecular weight is 260 g/mol. The van der Waals surface area contributed by atoms with Gasteiger partial charge in [0.05, 0.1) is 0 Å². The summed E-state index contributed by atoms with van der Waals surface area (Å²) in [4.78, 5) is 23.9. The van der Waals surface area contributed by atoms with Crippen LogP contribution < -0.4 is 5.32 Å². The van der Waals surface area contributed by atoms with E-state index in [0.717, 1.165) is 0 Å². The third-order valence-corrected chi connectivity index (χ3v) is 2.32. The summed E-state index contributed by atoms with van der Waals surface area (Å²) >= 11 is 0. The molecule has 18 heavy (non-hydrogen) atoms. The van der Waals surface area contributed by atoms with Crippen LogP contribution in [0, 0.1) is 5.92 Å². The number of rotatable bonds is 8. The van der Waals surface area contributed by atoms with Crippen molar-refractivity contribution in [2.45, 2.75) is 33.2 Å². The number of nitrogens with one attached hydrogen (secondary N) is 1. The number of hydrogen-bond donors (Lipinski definition) is 2. The molecule has 106 valence electrons. The van der Waals surface area contributed by atoms with Gasteiger partial charge in [0.25, 0.3) is 0 Å². The zero-order chi connectivity index (χ0) is 14.1. The van der Waals surface area contributed by atoms with E-state index in [9.17, 15) is 9.59 Å². The Morgan fingerprint density at radius 3 is 2.39 bits per heavy atom. The molecule has 0 fully saturated rings. The van der Waals surface area contributed by atoms with Gasteiger partial charge in [0.2, 0.25) is 0 Å². The number of amides is 2. The number of carbonyl (C=O) groups is 2. The van der Waals surface area contributed by atoms with Crippen LogP contribution in [0.25, 0.3) is 0 Å². The molecule has 2 amide bonds. The van der Waals surface area contributed by atoms with Crippen LogP contribution in [0.15, 0.2) is 0 Å². The van der Waals surface area contributed by atoms with Gasteiger partial charge in [-0.2, -0.15) is 0 Å². The third kappa shape index (κ3) is 7.89. The molecule has 0 saturated heterocycles. The van der Waals surface area contributed by atoms with Crippen LogP contribution in [0.4, 0.5) is 4.79 Å². The fraction of sp³-hybridized carbons (Fsp3) is 0.833. The average Bonchev–Trinajstić information content (AvgIpc) is 2.24. The third-order valence-electron chi connectivity index (χ3n) is 2.32. The SMILES string of the molecule is COCCC(C)NC(=O)N(CC(=O)O)CC(C)C. The second kappa shape index (κ2) is 8.74. The lowest BCUT2D eigenvalue weighted by Gasteiger charge is -2.25. The van der Waals surface area contributed by atoms with Crippen molar-refractivity contribution in [2.24, 2.45) is 5.92 Å². The van der Waals surface area contributed by atoms with Gasteiger partial charge in [0.1, 0.15) is 6.54 Å². The van der Waals surface area contributed by atoms with Crippen LogP contribution in [-0.4, -0.2) is 54.9 Å². The molecular formula is C12H24N2O4. The highest BCUT2D eigenvalue weighted by atomic mass is 16.5. The lowest BCUT2D eigenvalue weighted by molar-refractivity contribution is -0.137. The Labute approximate surface area is 108 Å². The number of carboxylic acid groups (broad SMARTS) is 1. The van der Waals surface area contributed by atoms with Crippen molar-refractivity contribution in [3.8, 4) is 0 Å². The van der Waals surface area contributed by atoms with Gasteiger partial charge in [-0.25, -0.2) is 4.79 Å². The molecule has 0 aliphatic rings. The van der Waals surface area contributed by atoms with Crippen LogP contribution >= 0.6 is 0 Å². The molecule has 0 aromatic rings. The summed E-state index contributed by atoms with van der Waals surface area (Å²) in [6.07, 6.45) is 0.699. The Balaban J connectivity index is 4.31. The zero-order valence-electron chi connectivity index (χ0n) is 11.6. The van der Waals surface area contributed by atoms with Crippen molar-refractivity contribution in [3.63, 3.8) is 0 Å². The lowest BCUT2D eigenvalue weighted by Crippen LogP contribution is -2.47. The highest BCUT2D eigenvalue weighted by molar-refractivity contribution is 5.80. The highest BCUT2D eigenvalue weighted by Gasteiger charge is 2.19. The van der Waals surface area contributed by atoms with E-state index in [4.69, 9.17) is 9.84 Å². The summed E-state index contributed by atoms with van der Waals surface area (Å²) in [5.74, 6) is -0.778. The Hall–Kier alpha value is -1.30. The second-order valence-corrected chi connectivity index (χ2v) is 4.80. The normalized spacial score (nSPS) is 12.3. The van der Waals surface area contributed by atoms with Crippen molar-refractivity contribution in [1.29, 1.82) is 0 Å². The van der Waals surface area contributed by atoms with Crippen LogP contribution in [0.5, 0.6) is 0 Å². The van der Waals surface area contributed by atoms with Gasteiger partial charge < -0.3 is 20.1 Å². The number of carbonyl (C=O) groups excluding carboxylic acids is 1. The molecule has 0 aromatic carbocycles. The minimum atomic E-state index is -1.00. The highest BCUT2D eigenvalue weighted by Crippen LogP contribution is 2.01. The first-order valence-electron chi connectivity index (χ1n) is 6.13. The number of aliphatic carboxylic acids is 1. The van der Waals surface area contributed by atoms with Gasteiger partial charge in [-0.1, -0.05) is 13.8 Å². The molecule has 0 saturated carbocycles. The summed E-state index contributed by atoms with van der Waals surface area (Å²) < 4.78 is 4.92. The van der Waals surface area contributed by atoms with Crippen molar-refractivity contribution in [3.05, 3.63) is 0 Å². The standard InChI is InChI=1S/C12H24N2O4/c1-9(2)7-14(8-11(15)16)12(17)13-10(3)5-6-18-4/h9-10H,5-8H2,1-4H3,(H,13,17)(H,15,16). The van der Waals surface area contributed by atoms with Crippen molar-refractivity contribution in [1.82, 2.24) is 10.2 Å². The molecule has 1 unspecified atom stereocenters. The molecular weight excluding hydrogens is 236 g/mol. The van der Waals surface area contributed by atoms with E-state index in [2.05, 4.69) is 5.32 Å². The van der Waals surface area contributed by atoms with Gasteiger partial charge >= 0.3 is 12.0 Å². The quantitative estimate of drug-likeness (QED) is 0.686. The maximum atomic E-state index is 11.9. The van der Waals surface area contributed by atoms with Crippen molar-refractivity contribution < 1.29 is 19.4 Å². The molecule has 6 heteroatoms. The van der Waals surface area contributed by atoms with E-state index in [1.807, 2.05) is 20.8 Å². The minimum absolute atomic E-state index is 0.0408. The van der Waals surface area contributed by atoms with Gasteiger partial charge in [-0.05, 0) is 19.3 Å². The topological polar surface area (TPSA) is 78.9 Å². The summed E-state index contributed by atoms with van der Waals surface area (Å²) in [7, 11) is 1.60. The second-order valence-electron chi connectivity index (χ2n) is 4.80. The molecule has 0 radical (unpaired) electrons. The van der Waals surface area contributed by atoms with Gasteiger partial charge in [0.15, 0.2) is 0 Å². The molecule has 2 N–H and O–H groups in total. The maximum Gasteiger partial charge on any atom is 0.323 e. The molecule has 0 rings (SSSR count). The molecule has 0 bridgehead atoms. The first-order chi connectivity index (χ1) is 8.36. The summed E-state index contributed by atoms with van der Waals surface area (Å²) in [5, 5.41) is 11.5. The number of carboxylic acids is 1. The first-order valence-corrected chi connectivity index (χ1v) is 6.13. The van der Waals surface area contributed by atoms with E-state index in [-0.39, 0.29) is 24.5 Å². The Kier molecular flexibility index (Phi) is 8.11. The zero-order valence-corrected chi connectivity index (χ0v) is 11.6. The van der Waals surface area contributed by atoms with Gasteiger partial charge in [0, 0.05) is 26.3 Å². The Morgan fingerprint density at radius 1 is 1.33 bits per heavy atom. The number of methoxy groups -OCH3 is 1. The van der Waals surface area contributed by atoms with Crippen molar-refractivity contribution in [2.75, 3.05) is 26.8 Å². The molecule has 0 heterocycles. The van der Waals surface area contributed by atoms with Crippen LogP contribution in [-0.2, 0) is 9.53 Å². The van der Waals surface area contributed by atoms with Crippen molar-refractivity contribution >= 4 is 12.0 Å². The minimum Gasteiger partial charge on any atom is -0.480 e. The number of hydrogen-bond acceptors (Lipinski definition) is 3. The predicted octanol–water partition coefficient (Wildman–Crippen LogP) is 1.16. The van der Waals surface area contributed by atoms with E-state index >= 15 is 0 Å².